The van der Waals surface area contributed by atoms with Crippen LogP contribution in [0.2, 0.25) is 0 Å². The molecule has 0 amide bonds. The van der Waals surface area contributed by atoms with Gasteiger partial charge in [0.2, 0.25) is 0 Å². The Morgan fingerprint density at radius 2 is 1.24 bits per heavy atom. The third-order valence-electron chi connectivity index (χ3n) is 2.39. The predicted octanol–water partition coefficient (Wildman–Crippen LogP) is 0.578. The molecule has 0 aliphatic carbocycles. The van der Waals surface area contributed by atoms with Gasteiger partial charge < -0.3 is 24.4 Å². The Hall–Kier alpha value is -0.200. The number of rotatable bonds is 12. The Morgan fingerprint density at radius 3 is 1.59 bits per heavy atom. The summed E-state index contributed by atoms with van der Waals surface area (Å²) >= 11 is 0. The van der Waals surface area contributed by atoms with Gasteiger partial charge in [0.05, 0.1) is 25.4 Å². The average molecular weight is 250 g/mol. The summed E-state index contributed by atoms with van der Waals surface area (Å²) in [4.78, 5) is 0. The molecule has 0 aliphatic heterocycles. The van der Waals surface area contributed by atoms with Crippen molar-refractivity contribution in [3.63, 3.8) is 0 Å². The molecule has 0 spiro atoms. The zero-order chi connectivity index (χ0) is 12.9. The van der Waals surface area contributed by atoms with Crippen LogP contribution in [-0.2, 0) is 14.2 Å². The summed E-state index contributed by atoms with van der Waals surface area (Å²) in [6.07, 6.45) is 2.00. The smallest absolute Gasteiger partial charge is 0.0774 e. The minimum Gasteiger partial charge on any atom is -0.391 e. The second-order valence-corrected chi connectivity index (χ2v) is 4.12. The molecule has 0 aliphatic rings. The summed E-state index contributed by atoms with van der Waals surface area (Å²) in [7, 11) is 3.28. The molecule has 0 bridgehead atoms. The first-order valence-corrected chi connectivity index (χ1v) is 6.12. The van der Waals surface area contributed by atoms with Crippen molar-refractivity contribution in [2.75, 3.05) is 40.6 Å². The number of ether oxygens (including phenoxy) is 3. The van der Waals surface area contributed by atoms with Gasteiger partial charge in [0, 0.05) is 27.4 Å². The van der Waals surface area contributed by atoms with Crippen LogP contribution >= 0.6 is 0 Å². The Labute approximate surface area is 104 Å². The van der Waals surface area contributed by atoms with Crippen LogP contribution in [0.4, 0.5) is 0 Å². The maximum atomic E-state index is 9.52. The summed E-state index contributed by atoms with van der Waals surface area (Å²) in [6, 6.07) is 0. The third-order valence-corrected chi connectivity index (χ3v) is 2.39. The molecule has 0 rings (SSSR count). The van der Waals surface area contributed by atoms with Crippen LogP contribution in [-0.4, -0.2) is 63.1 Å². The van der Waals surface area contributed by atoms with Crippen LogP contribution in [0.1, 0.15) is 25.7 Å². The highest BCUT2D eigenvalue weighted by atomic mass is 16.5. The van der Waals surface area contributed by atoms with Crippen LogP contribution in [0.25, 0.3) is 0 Å². The van der Waals surface area contributed by atoms with Crippen molar-refractivity contribution >= 4 is 0 Å². The monoisotopic (exact) mass is 250 g/mol. The van der Waals surface area contributed by atoms with E-state index in [0.717, 1.165) is 12.8 Å². The van der Waals surface area contributed by atoms with Gasteiger partial charge in [-0.1, -0.05) is 0 Å². The summed E-state index contributed by atoms with van der Waals surface area (Å²) in [5.41, 5.74) is 0. The molecule has 5 heteroatoms. The van der Waals surface area contributed by atoms with Gasteiger partial charge in [0.1, 0.15) is 0 Å². The zero-order valence-electron chi connectivity index (χ0n) is 10.9. The summed E-state index contributed by atoms with van der Waals surface area (Å²) in [5, 5.41) is 19.0. The van der Waals surface area contributed by atoms with Gasteiger partial charge in [-0.05, 0) is 25.7 Å². The van der Waals surface area contributed by atoms with Crippen molar-refractivity contribution in [2.24, 2.45) is 0 Å². The molecule has 2 N–H and O–H groups in total. The fourth-order valence-electron chi connectivity index (χ4n) is 1.43. The first-order valence-electron chi connectivity index (χ1n) is 6.12. The molecule has 104 valence electrons. The highest BCUT2D eigenvalue weighted by molar-refractivity contribution is 4.57. The molecule has 0 saturated heterocycles. The lowest BCUT2D eigenvalue weighted by Crippen LogP contribution is -2.22. The van der Waals surface area contributed by atoms with Crippen molar-refractivity contribution < 1.29 is 24.4 Å². The van der Waals surface area contributed by atoms with E-state index in [9.17, 15) is 10.2 Å². The Bertz CT molecular complexity index is 138. The highest BCUT2D eigenvalue weighted by Crippen LogP contribution is 2.01. The van der Waals surface area contributed by atoms with Crippen molar-refractivity contribution in [2.45, 2.75) is 37.9 Å². The Kier molecular flexibility index (Phi) is 12.1. The van der Waals surface area contributed by atoms with E-state index in [4.69, 9.17) is 14.2 Å². The number of hydrogen-bond donors (Lipinski definition) is 2. The number of methoxy groups -OCH3 is 2. The normalized spacial score (nSPS) is 14.8. The second-order valence-electron chi connectivity index (χ2n) is 4.12. The van der Waals surface area contributed by atoms with Crippen LogP contribution in [0, 0.1) is 0 Å². The van der Waals surface area contributed by atoms with E-state index >= 15 is 0 Å². The molecule has 2 atom stereocenters. The van der Waals surface area contributed by atoms with Crippen LogP contribution in [0.15, 0.2) is 0 Å². The first-order chi connectivity index (χ1) is 8.20. The van der Waals surface area contributed by atoms with Gasteiger partial charge in [-0.2, -0.15) is 0 Å². The lowest BCUT2D eigenvalue weighted by Gasteiger charge is -2.14. The summed E-state index contributed by atoms with van der Waals surface area (Å²) in [6.45, 7) is 1.84. The van der Waals surface area contributed by atoms with Crippen molar-refractivity contribution in [3.05, 3.63) is 0 Å². The molecule has 17 heavy (non-hydrogen) atoms. The van der Waals surface area contributed by atoms with Gasteiger partial charge in [-0.3, -0.25) is 0 Å². The molecule has 0 aromatic rings. The molecule has 0 saturated carbocycles. The van der Waals surface area contributed by atoms with Crippen LogP contribution in [0.3, 0.4) is 0 Å². The molecular weight excluding hydrogens is 224 g/mol. The van der Waals surface area contributed by atoms with Gasteiger partial charge in [0.25, 0.3) is 0 Å². The van der Waals surface area contributed by atoms with Gasteiger partial charge in [-0.15, -0.1) is 0 Å². The average Bonchev–Trinajstić information content (AvgIpc) is 2.30. The third kappa shape index (κ3) is 12.1. The number of aliphatic hydroxyl groups is 2. The maximum Gasteiger partial charge on any atom is 0.0774 e. The van der Waals surface area contributed by atoms with Crippen LogP contribution in [0.5, 0.6) is 0 Å². The molecular formula is C12H26O5. The second kappa shape index (κ2) is 12.3. The molecule has 0 aromatic carbocycles. The SMILES string of the molecule is COCCCC(O)COCC(O)CCCOC. The van der Waals surface area contributed by atoms with E-state index in [1.807, 2.05) is 0 Å². The molecule has 0 radical (unpaired) electrons. The predicted molar refractivity (Wildman–Crippen MR) is 65.1 cm³/mol. The van der Waals surface area contributed by atoms with Gasteiger partial charge >= 0.3 is 0 Å². The molecule has 0 aromatic heterocycles. The van der Waals surface area contributed by atoms with E-state index in [-0.39, 0.29) is 13.2 Å². The van der Waals surface area contributed by atoms with E-state index in [0.29, 0.717) is 26.1 Å². The zero-order valence-corrected chi connectivity index (χ0v) is 10.9. The first kappa shape index (κ1) is 16.8. The minimum absolute atomic E-state index is 0.269. The highest BCUT2D eigenvalue weighted by Gasteiger charge is 2.07. The molecule has 0 heterocycles. The quantitative estimate of drug-likeness (QED) is 0.496. The van der Waals surface area contributed by atoms with E-state index in [1.165, 1.54) is 0 Å². The molecule has 0 fully saturated rings. The Balaban J connectivity index is 3.29. The van der Waals surface area contributed by atoms with Crippen molar-refractivity contribution in [3.8, 4) is 0 Å². The lowest BCUT2D eigenvalue weighted by atomic mass is 10.2. The van der Waals surface area contributed by atoms with E-state index in [1.54, 1.807) is 14.2 Å². The molecule has 5 nitrogen and oxygen atoms in total. The number of hydrogen-bond acceptors (Lipinski definition) is 5. The van der Waals surface area contributed by atoms with E-state index < -0.39 is 12.2 Å². The largest absolute Gasteiger partial charge is 0.391 e. The summed E-state index contributed by atoms with van der Waals surface area (Å²) in [5.74, 6) is 0. The minimum atomic E-state index is -0.476. The standard InChI is InChI=1S/C12H26O5/c1-15-7-3-5-11(13)9-17-10-12(14)6-4-8-16-2/h11-14H,3-10H2,1-2H3. The number of aliphatic hydroxyl groups excluding tert-OH is 2. The van der Waals surface area contributed by atoms with Gasteiger partial charge in [-0.25, -0.2) is 0 Å². The van der Waals surface area contributed by atoms with Crippen LogP contribution < -0.4 is 0 Å². The lowest BCUT2D eigenvalue weighted by molar-refractivity contribution is -0.0155. The van der Waals surface area contributed by atoms with E-state index in [2.05, 4.69) is 0 Å². The summed E-state index contributed by atoms with van der Waals surface area (Å²) < 4.78 is 15.0. The fraction of sp³-hybridized carbons (Fsp3) is 1.00. The maximum absolute atomic E-state index is 9.52. The van der Waals surface area contributed by atoms with Gasteiger partial charge in [0.15, 0.2) is 0 Å². The molecule has 2 unspecified atom stereocenters. The van der Waals surface area contributed by atoms with Crippen molar-refractivity contribution in [1.82, 2.24) is 0 Å². The Morgan fingerprint density at radius 1 is 0.824 bits per heavy atom. The fourth-order valence-corrected chi connectivity index (χ4v) is 1.43. The van der Waals surface area contributed by atoms with Crippen molar-refractivity contribution in [1.29, 1.82) is 0 Å². The topological polar surface area (TPSA) is 68.2 Å².